The number of anilines is 2. The summed E-state index contributed by atoms with van der Waals surface area (Å²) in [5.41, 5.74) is 1.47. The smallest absolute Gasteiger partial charge is 0.262 e. The summed E-state index contributed by atoms with van der Waals surface area (Å²) in [5, 5.41) is 9.80. The fourth-order valence-electron chi connectivity index (χ4n) is 1.82. The number of carbonyl (C=O) groups is 1. The summed E-state index contributed by atoms with van der Waals surface area (Å²) in [4.78, 5) is 11.2. The van der Waals surface area contributed by atoms with E-state index in [9.17, 15) is 4.79 Å². The molecule has 1 aromatic rings. The molecule has 0 unspecified atom stereocenters. The first kappa shape index (κ1) is 10.7. The minimum absolute atomic E-state index is 0.0546. The van der Waals surface area contributed by atoms with E-state index in [0.717, 1.165) is 18.8 Å². The van der Waals surface area contributed by atoms with Crippen LogP contribution in [0.2, 0.25) is 5.02 Å². The van der Waals surface area contributed by atoms with E-state index < -0.39 is 0 Å². The molecule has 2 aliphatic heterocycles. The van der Waals surface area contributed by atoms with Gasteiger partial charge in [-0.25, -0.2) is 0 Å². The minimum atomic E-state index is -0.155. The highest BCUT2D eigenvalue weighted by Crippen LogP contribution is 2.36. The van der Waals surface area contributed by atoms with Crippen molar-refractivity contribution in [2.24, 2.45) is 0 Å². The number of hydrogen-bond acceptors (Lipinski definition) is 4. The van der Waals surface area contributed by atoms with Crippen LogP contribution in [0.25, 0.3) is 0 Å². The molecule has 1 amide bonds. The second-order valence-corrected chi connectivity index (χ2v) is 4.57. The Morgan fingerprint density at radius 1 is 1.41 bits per heavy atom. The van der Waals surface area contributed by atoms with E-state index in [1.807, 2.05) is 6.07 Å². The Bertz CT molecular complexity index is 474. The van der Waals surface area contributed by atoms with Crippen LogP contribution in [0.5, 0.6) is 5.75 Å². The number of amides is 1. The lowest BCUT2D eigenvalue weighted by Crippen LogP contribution is -2.51. The lowest BCUT2D eigenvalue weighted by atomic mass is 10.1. The van der Waals surface area contributed by atoms with Gasteiger partial charge in [-0.3, -0.25) is 4.79 Å². The monoisotopic (exact) mass is 253 g/mol. The lowest BCUT2D eigenvalue weighted by molar-refractivity contribution is -0.118. The molecule has 3 rings (SSSR count). The maximum absolute atomic E-state index is 11.2. The summed E-state index contributed by atoms with van der Waals surface area (Å²) in [5.74, 6) is 0.501. The predicted octanol–water partition coefficient (Wildman–Crippen LogP) is 1.05. The van der Waals surface area contributed by atoms with Crippen molar-refractivity contribution >= 4 is 28.9 Å². The highest BCUT2D eigenvalue weighted by Gasteiger charge is 2.21. The molecule has 0 aliphatic carbocycles. The Balaban J connectivity index is 1.87. The molecule has 2 heterocycles. The van der Waals surface area contributed by atoms with Crippen molar-refractivity contribution in [1.82, 2.24) is 5.32 Å². The number of hydrogen-bond donors (Lipinski definition) is 3. The molecule has 0 radical (unpaired) electrons. The molecule has 6 heteroatoms. The largest absolute Gasteiger partial charge is 0.482 e. The Morgan fingerprint density at radius 3 is 2.94 bits per heavy atom. The van der Waals surface area contributed by atoms with Crippen molar-refractivity contribution in [2.45, 2.75) is 6.04 Å². The highest BCUT2D eigenvalue weighted by atomic mass is 35.5. The molecule has 0 spiro atoms. The quantitative estimate of drug-likeness (QED) is 0.738. The van der Waals surface area contributed by atoms with Gasteiger partial charge in [0.25, 0.3) is 5.91 Å². The van der Waals surface area contributed by atoms with Crippen LogP contribution in [-0.2, 0) is 4.79 Å². The predicted molar refractivity (Wildman–Crippen MR) is 65.9 cm³/mol. The normalized spacial score (nSPS) is 18.8. The molecular weight excluding hydrogens is 242 g/mol. The molecular formula is C11H12ClN3O2. The molecule has 0 atom stereocenters. The van der Waals surface area contributed by atoms with Crippen LogP contribution in [0.3, 0.4) is 0 Å². The number of benzene rings is 1. The summed E-state index contributed by atoms with van der Waals surface area (Å²) >= 11 is 6.14. The third-order valence-electron chi connectivity index (χ3n) is 2.84. The van der Waals surface area contributed by atoms with E-state index in [4.69, 9.17) is 16.3 Å². The van der Waals surface area contributed by atoms with E-state index in [2.05, 4.69) is 16.0 Å². The molecule has 3 N–H and O–H groups in total. The molecule has 17 heavy (non-hydrogen) atoms. The fraction of sp³-hybridized carbons (Fsp3) is 0.364. The standard InChI is InChI=1S/C11H12ClN3O2/c12-7-1-9-10(17-5-11(16)15-9)2-8(7)14-6-3-13-4-6/h1-2,6,13-14H,3-5H2,(H,15,16). The topological polar surface area (TPSA) is 62.4 Å². The molecule has 0 aromatic heterocycles. The number of rotatable bonds is 2. The fourth-order valence-corrected chi connectivity index (χ4v) is 2.04. The first-order valence-electron chi connectivity index (χ1n) is 5.46. The van der Waals surface area contributed by atoms with Crippen molar-refractivity contribution in [2.75, 3.05) is 30.3 Å². The number of nitrogens with one attached hydrogen (secondary N) is 3. The van der Waals surface area contributed by atoms with Gasteiger partial charge in [-0.15, -0.1) is 0 Å². The van der Waals surface area contributed by atoms with Gasteiger partial charge < -0.3 is 20.7 Å². The Kier molecular flexibility index (Phi) is 2.57. The van der Waals surface area contributed by atoms with Crippen molar-refractivity contribution in [3.05, 3.63) is 17.2 Å². The van der Waals surface area contributed by atoms with E-state index >= 15 is 0 Å². The van der Waals surface area contributed by atoms with Gasteiger partial charge in [-0.05, 0) is 6.07 Å². The SMILES string of the molecule is O=C1COc2cc(NC3CNC3)c(Cl)cc2N1. The van der Waals surface area contributed by atoms with Crippen LogP contribution in [0.1, 0.15) is 0 Å². The molecule has 90 valence electrons. The average molecular weight is 254 g/mol. The van der Waals surface area contributed by atoms with Crippen LogP contribution >= 0.6 is 11.6 Å². The summed E-state index contributed by atoms with van der Waals surface area (Å²) in [6, 6.07) is 3.95. The summed E-state index contributed by atoms with van der Waals surface area (Å²) in [6.45, 7) is 1.93. The lowest BCUT2D eigenvalue weighted by Gasteiger charge is -2.30. The van der Waals surface area contributed by atoms with Gasteiger partial charge in [0, 0.05) is 19.2 Å². The Hall–Kier alpha value is -1.46. The van der Waals surface area contributed by atoms with Gasteiger partial charge in [0.05, 0.1) is 22.4 Å². The second-order valence-electron chi connectivity index (χ2n) is 4.16. The first-order chi connectivity index (χ1) is 8.22. The van der Waals surface area contributed by atoms with E-state index in [0.29, 0.717) is 22.5 Å². The molecule has 1 fully saturated rings. The maximum Gasteiger partial charge on any atom is 0.262 e. The second kappa shape index (κ2) is 4.09. The van der Waals surface area contributed by atoms with Gasteiger partial charge >= 0.3 is 0 Å². The van der Waals surface area contributed by atoms with Crippen molar-refractivity contribution in [3.8, 4) is 5.75 Å². The molecule has 5 nitrogen and oxygen atoms in total. The van der Waals surface area contributed by atoms with E-state index in [1.165, 1.54) is 0 Å². The van der Waals surface area contributed by atoms with E-state index in [-0.39, 0.29) is 12.5 Å². The summed E-state index contributed by atoms with van der Waals surface area (Å²) in [6.07, 6.45) is 0. The molecule has 2 aliphatic rings. The summed E-state index contributed by atoms with van der Waals surface area (Å²) < 4.78 is 5.34. The number of fused-ring (bicyclic) bond motifs is 1. The van der Waals surface area contributed by atoms with Gasteiger partial charge in [-0.1, -0.05) is 11.6 Å². The number of halogens is 1. The maximum atomic E-state index is 11.2. The van der Waals surface area contributed by atoms with Crippen molar-refractivity contribution < 1.29 is 9.53 Å². The van der Waals surface area contributed by atoms with Gasteiger partial charge in [-0.2, -0.15) is 0 Å². The average Bonchev–Trinajstić information content (AvgIpc) is 2.23. The molecule has 1 saturated heterocycles. The van der Waals surface area contributed by atoms with Gasteiger partial charge in [0.15, 0.2) is 6.61 Å². The first-order valence-corrected chi connectivity index (χ1v) is 5.83. The van der Waals surface area contributed by atoms with Gasteiger partial charge in [0.2, 0.25) is 0 Å². The Labute approximate surface area is 103 Å². The molecule has 0 saturated carbocycles. The summed E-state index contributed by atoms with van der Waals surface area (Å²) in [7, 11) is 0. The van der Waals surface area contributed by atoms with Crippen LogP contribution in [0, 0.1) is 0 Å². The Morgan fingerprint density at radius 2 is 2.24 bits per heavy atom. The van der Waals surface area contributed by atoms with Crippen LogP contribution in [-0.4, -0.2) is 31.6 Å². The number of ether oxygens (including phenoxy) is 1. The highest BCUT2D eigenvalue weighted by molar-refractivity contribution is 6.33. The van der Waals surface area contributed by atoms with Crippen molar-refractivity contribution in [3.63, 3.8) is 0 Å². The number of carbonyl (C=O) groups excluding carboxylic acids is 1. The third-order valence-corrected chi connectivity index (χ3v) is 3.16. The van der Waals surface area contributed by atoms with Crippen LogP contribution < -0.4 is 20.7 Å². The zero-order chi connectivity index (χ0) is 11.8. The zero-order valence-electron chi connectivity index (χ0n) is 9.05. The minimum Gasteiger partial charge on any atom is -0.482 e. The van der Waals surface area contributed by atoms with Crippen molar-refractivity contribution in [1.29, 1.82) is 0 Å². The van der Waals surface area contributed by atoms with Crippen LogP contribution in [0.4, 0.5) is 11.4 Å². The zero-order valence-corrected chi connectivity index (χ0v) is 9.80. The van der Waals surface area contributed by atoms with E-state index in [1.54, 1.807) is 6.07 Å². The third kappa shape index (κ3) is 2.03. The molecule has 0 bridgehead atoms. The van der Waals surface area contributed by atoms with Crippen LogP contribution in [0.15, 0.2) is 12.1 Å². The molecule has 1 aromatic carbocycles. The van der Waals surface area contributed by atoms with Gasteiger partial charge in [0.1, 0.15) is 5.75 Å².